The van der Waals surface area contributed by atoms with Crippen LogP contribution in [0.3, 0.4) is 0 Å². The van der Waals surface area contributed by atoms with Crippen LogP contribution in [0.25, 0.3) is 0 Å². The Balaban J connectivity index is 1.33. The van der Waals surface area contributed by atoms with Crippen molar-refractivity contribution in [2.24, 2.45) is 13.0 Å². The van der Waals surface area contributed by atoms with Crippen molar-refractivity contribution in [1.29, 1.82) is 0 Å². The van der Waals surface area contributed by atoms with E-state index in [4.69, 9.17) is 0 Å². The number of hydrogen-bond donors (Lipinski definition) is 1. The molecule has 1 unspecified atom stereocenters. The van der Waals surface area contributed by atoms with Crippen molar-refractivity contribution in [2.75, 3.05) is 13.1 Å². The number of carbonyl (C=O) groups excluding carboxylic acids is 2. The Morgan fingerprint density at radius 2 is 2.04 bits per heavy atom. The highest BCUT2D eigenvalue weighted by molar-refractivity contribution is 5.92. The molecule has 2 aromatic heterocycles. The summed E-state index contributed by atoms with van der Waals surface area (Å²) in [6.07, 6.45) is 11.4. The molecule has 1 N–H and O–H groups in total. The standard InChI is InChI=1S/C19H27N7O2/c1-24-11-17(21-13-24)19(28)26-8-3-2-4-15(26)7-9-25-12-16(22-23-25)18(27)20-10-14-5-6-14/h11-15H,2-10H2,1H3,(H,20,27). The summed E-state index contributed by atoms with van der Waals surface area (Å²) in [4.78, 5) is 31.1. The molecule has 0 bridgehead atoms. The summed E-state index contributed by atoms with van der Waals surface area (Å²) in [6, 6.07) is 0.152. The number of hydrogen-bond acceptors (Lipinski definition) is 5. The fraction of sp³-hybridized carbons (Fsp3) is 0.632. The first-order valence-electron chi connectivity index (χ1n) is 10.1. The second-order valence-corrected chi connectivity index (χ2v) is 7.88. The number of nitrogens with zero attached hydrogens (tertiary/aromatic N) is 6. The molecule has 0 aromatic carbocycles. The van der Waals surface area contributed by atoms with Crippen molar-refractivity contribution in [3.8, 4) is 0 Å². The van der Waals surface area contributed by atoms with E-state index in [1.165, 1.54) is 12.8 Å². The molecule has 28 heavy (non-hydrogen) atoms. The number of likely N-dealkylation sites (tertiary alicyclic amines) is 1. The third kappa shape index (κ3) is 4.40. The molecule has 9 nitrogen and oxygen atoms in total. The zero-order valence-electron chi connectivity index (χ0n) is 16.3. The zero-order valence-corrected chi connectivity index (χ0v) is 16.3. The van der Waals surface area contributed by atoms with E-state index < -0.39 is 0 Å². The number of imidazole rings is 1. The minimum Gasteiger partial charge on any atom is -0.350 e. The summed E-state index contributed by atoms with van der Waals surface area (Å²) in [5, 5.41) is 11.0. The normalized spacial score (nSPS) is 19.6. The van der Waals surface area contributed by atoms with Crippen LogP contribution in [0.5, 0.6) is 0 Å². The van der Waals surface area contributed by atoms with Crippen LogP contribution in [-0.2, 0) is 13.6 Å². The van der Waals surface area contributed by atoms with Crippen LogP contribution in [0, 0.1) is 5.92 Å². The molecular weight excluding hydrogens is 358 g/mol. The van der Waals surface area contributed by atoms with E-state index in [9.17, 15) is 9.59 Å². The molecule has 2 amide bonds. The van der Waals surface area contributed by atoms with Crippen LogP contribution in [0.2, 0.25) is 0 Å². The SMILES string of the molecule is Cn1cnc(C(=O)N2CCCCC2CCn2cc(C(=O)NCC3CC3)nn2)c1. The Bertz CT molecular complexity index is 839. The van der Waals surface area contributed by atoms with Gasteiger partial charge in [-0.15, -0.1) is 5.10 Å². The predicted molar refractivity (Wildman–Crippen MR) is 102 cm³/mol. The number of piperidine rings is 1. The number of aryl methyl sites for hydroxylation is 2. The lowest BCUT2D eigenvalue weighted by Crippen LogP contribution is -2.44. The number of aromatic nitrogens is 5. The number of carbonyl (C=O) groups is 2. The van der Waals surface area contributed by atoms with Crippen LogP contribution in [0.4, 0.5) is 0 Å². The lowest BCUT2D eigenvalue weighted by Gasteiger charge is -2.35. The number of rotatable bonds is 7. The molecule has 1 saturated carbocycles. The van der Waals surface area contributed by atoms with E-state index in [1.807, 2.05) is 11.9 Å². The average Bonchev–Trinajstić information content (AvgIpc) is 3.24. The van der Waals surface area contributed by atoms with E-state index in [0.717, 1.165) is 38.8 Å². The van der Waals surface area contributed by atoms with Crippen LogP contribution in [0.1, 0.15) is 59.5 Å². The lowest BCUT2D eigenvalue weighted by atomic mass is 9.99. The van der Waals surface area contributed by atoms with E-state index in [0.29, 0.717) is 23.9 Å². The van der Waals surface area contributed by atoms with Crippen molar-refractivity contribution in [3.63, 3.8) is 0 Å². The van der Waals surface area contributed by atoms with Crippen molar-refractivity contribution < 1.29 is 9.59 Å². The molecule has 3 heterocycles. The number of amides is 2. The summed E-state index contributed by atoms with van der Waals surface area (Å²) < 4.78 is 3.49. The quantitative estimate of drug-likeness (QED) is 0.773. The van der Waals surface area contributed by atoms with Gasteiger partial charge in [0.05, 0.1) is 12.5 Å². The fourth-order valence-corrected chi connectivity index (χ4v) is 3.68. The Labute approximate surface area is 164 Å². The molecule has 4 rings (SSSR count). The van der Waals surface area contributed by atoms with Crippen LogP contribution in [0.15, 0.2) is 18.7 Å². The van der Waals surface area contributed by atoms with Gasteiger partial charge in [0.25, 0.3) is 11.8 Å². The first-order valence-corrected chi connectivity index (χ1v) is 10.1. The molecule has 1 saturated heterocycles. The average molecular weight is 385 g/mol. The Kier molecular flexibility index (Phi) is 5.40. The molecule has 0 radical (unpaired) electrons. The monoisotopic (exact) mass is 385 g/mol. The minimum atomic E-state index is -0.164. The molecular formula is C19H27N7O2. The summed E-state index contributed by atoms with van der Waals surface area (Å²) in [6.45, 7) is 2.10. The summed E-state index contributed by atoms with van der Waals surface area (Å²) >= 11 is 0. The molecule has 1 aliphatic heterocycles. The Morgan fingerprint density at radius 3 is 2.79 bits per heavy atom. The number of nitrogens with one attached hydrogen (secondary N) is 1. The zero-order chi connectivity index (χ0) is 19.5. The van der Waals surface area contributed by atoms with Gasteiger partial charge in [0.15, 0.2) is 5.69 Å². The lowest BCUT2D eigenvalue weighted by molar-refractivity contribution is 0.0588. The molecule has 1 aliphatic carbocycles. The predicted octanol–water partition coefficient (Wildman–Crippen LogP) is 1.24. The van der Waals surface area contributed by atoms with Gasteiger partial charge in [-0.2, -0.15) is 0 Å². The smallest absolute Gasteiger partial charge is 0.274 e. The second kappa shape index (κ2) is 8.12. The molecule has 0 spiro atoms. The highest BCUT2D eigenvalue weighted by atomic mass is 16.2. The Hall–Kier alpha value is -2.71. The summed E-state index contributed by atoms with van der Waals surface area (Å²) in [7, 11) is 1.86. The largest absolute Gasteiger partial charge is 0.350 e. The first-order chi connectivity index (χ1) is 13.6. The van der Waals surface area contributed by atoms with Crippen LogP contribution in [-0.4, -0.2) is 60.4 Å². The van der Waals surface area contributed by atoms with Crippen molar-refractivity contribution in [2.45, 2.75) is 51.1 Å². The van der Waals surface area contributed by atoms with Gasteiger partial charge in [-0.05, 0) is 44.4 Å². The van der Waals surface area contributed by atoms with E-state index in [1.54, 1.807) is 28.0 Å². The van der Waals surface area contributed by atoms with Gasteiger partial charge >= 0.3 is 0 Å². The van der Waals surface area contributed by atoms with E-state index >= 15 is 0 Å². The first kappa shape index (κ1) is 18.6. The second-order valence-electron chi connectivity index (χ2n) is 7.88. The van der Waals surface area contributed by atoms with Gasteiger partial charge in [-0.3, -0.25) is 14.3 Å². The van der Waals surface area contributed by atoms with Gasteiger partial charge in [-0.1, -0.05) is 5.21 Å². The fourth-order valence-electron chi connectivity index (χ4n) is 3.68. The summed E-state index contributed by atoms with van der Waals surface area (Å²) in [5.41, 5.74) is 0.843. The van der Waals surface area contributed by atoms with Crippen molar-refractivity contribution in [1.82, 2.24) is 34.8 Å². The molecule has 2 fully saturated rings. The molecule has 150 valence electrons. The maximum atomic E-state index is 12.8. The van der Waals surface area contributed by atoms with Crippen LogP contribution < -0.4 is 5.32 Å². The topological polar surface area (TPSA) is 97.9 Å². The third-order valence-corrected chi connectivity index (χ3v) is 5.52. The van der Waals surface area contributed by atoms with Gasteiger partial charge in [0, 0.05) is 38.9 Å². The summed E-state index contributed by atoms with van der Waals surface area (Å²) in [5.74, 6) is 0.458. The van der Waals surface area contributed by atoms with Gasteiger partial charge in [0.2, 0.25) is 0 Å². The molecule has 2 aromatic rings. The van der Waals surface area contributed by atoms with Crippen molar-refractivity contribution in [3.05, 3.63) is 30.1 Å². The molecule has 2 aliphatic rings. The minimum absolute atomic E-state index is 0.0102. The molecule has 1 atom stereocenters. The van der Waals surface area contributed by atoms with Gasteiger partial charge < -0.3 is 14.8 Å². The van der Waals surface area contributed by atoms with Gasteiger partial charge in [0.1, 0.15) is 5.69 Å². The van der Waals surface area contributed by atoms with E-state index in [-0.39, 0.29) is 17.9 Å². The third-order valence-electron chi connectivity index (χ3n) is 5.52. The molecule has 9 heteroatoms. The van der Waals surface area contributed by atoms with E-state index in [2.05, 4.69) is 20.6 Å². The maximum Gasteiger partial charge on any atom is 0.274 e. The highest BCUT2D eigenvalue weighted by Gasteiger charge is 2.28. The Morgan fingerprint density at radius 1 is 1.18 bits per heavy atom. The van der Waals surface area contributed by atoms with Gasteiger partial charge in [-0.25, -0.2) is 4.98 Å². The van der Waals surface area contributed by atoms with Crippen molar-refractivity contribution >= 4 is 11.8 Å². The van der Waals surface area contributed by atoms with Crippen LogP contribution >= 0.6 is 0 Å². The maximum absolute atomic E-state index is 12.8. The highest BCUT2D eigenvalue weighted by Crippen LogP contribution is 2.27.